The van der Waals surface area contributed by atoms with Crippen LogP contribution in [-0.2, 0) is 17.6 Å². The smallest absolute Gasteiger partial charge is 0.255 e. The van der Waals surface area contributed by atoms with Gasteiger partial charge in [-0.2, -0.15) is 0 Å². The predicted octanol–water partition coefficient (Wildman–Crippen LogP) is 5.19. The van der Waals surface area contributed by atoms with Gasteiger partial charge in [-0.25, -0.2) is 4.98 Å². The third-order valence-electron chi connectivity index (χ3n) is 5.26. The summed E-state index contributed by atoms with van der Waals surface area (Å²) in [4.78, 5) is 32.0. The maximum Gasteiger partial charge on any atom is 0.255 e. The van der Waals surface area contributed by atoms with Gasteiger partial charge in [0.1, 0.15) is 0 Å². The Morgan fingerprint density at radius 1 is 1.06 bits per heavy atom. The number of carbonyl (C=O) groups excluding carboxylic acids is 2. The van der Waals surface area contributed by atoms with Crippen LogP contribution in [0.2, 0.25) is 5.02 Å². The summed E-state index contributed by atoms with van der Waals surface area (Å²) >= 11 is 7.58. The lowest BCUT2D eigenvalue weighted by atomic mass is 10.1. The van der Waals surface area contributed by atoms with Crippen LogP contribution in [0.25, 0.3) is 0 Å². The first-order valence-corrected chi connectivity index (χ1v) is 11.7. The van der Waals surface area contributed by atoms with Crippen molar-refractivity contribution in [3.63, 3.8) is 0 Å². The zero-order chi connectivity index (χ0) is 21.6. The summed E-state index contributed by atoms with van der Waals surface area (Å²) in [7, 11) is 0. The Bertz CT molecular complexity index is 1080. The Labute approximate surface area is 191 Å². The summed E-state index contributed by atoms with van der Waals surface area (Å²) in [6.45, 7) is 1.55. The minimum atomic E-state index is -0.182. The molecular formula is C24H24ClN3O2S. The van der Waals surface area contributed by atoms with Crippen LogP contribution in [0.15, 0.2) is 53.9 Å². The molecule has 0 saturated carbocycles. The van der Waals surface area contributed by atoms with E-state index in [0.717, 1.165) is 48.6 Å². The summed E-state index contributed by atoms with van der Waals surface area (Å²) < 4.78 is 0. The van der Waals surface area contributed by atoms with Crippen molar-refractivity contribution in [3.05, 3.63) is 80.8 Å². The van der Waals surface area contributed by atoms with Gasteiger partial charge in [0.15, 0.2) is 0 Å². The summed E-state index contributed by atoms with van der Waals surface area (Å²) in [6.07, 6.45) is 4.07. The third kappa shape index (κ3) is 5.71. The SMILES string of the molecule is O=C(Cc1csc(Cc2cccc(Cl)c2)n1)Nc1ccccc1C(=O)N1CCCCC1. The number of thiazole rings is 1. The van der Waals surface area contributed by atoms with E-state index in [2.05, 4.69) is 10.3 Å². The topological polar surface area (TPSA) is 62.3 Å². The number of halogens is 1. The van der Waals surface area contributed by atoms with Crippen molar-refractivity contribution in [1.29, 1.82) is 0 Å². The van der Waals surface area contributed by atoms with E-state index in [-0.39, 0.29) is 18.2 Å². The average molecular weight is 454 g/mol. The molecule has 1 aliphatic rings. The molecule has 2 heterocycles. The van der Waals surface area contributed by atoms with Gasteiger partial charge in [0.05, 0.1) is 28.4 Å². The molecule has 1 saturated heterocycles. The molecule has 0 aliphatic carbocycles. The fourth-order valence-electron chi connectivity index (χ4n) is 3.74. The summed E-state index contributed by atoms with van der Waals surface area (Å²) in [5, 5.41) is 6.45. The second-order valence-electron chi connectivity index (χ2n) is 7.66. The number of piperidine rings is 1. The molecule has 1 aliphatic heterocycles. The molecular weight excluding hydrogens is 430 g/mol. The lowest BCUT2D eigenvalue weighted by Crippen LogP contribution is -2.36. The van der Waals surface area contributed by atoms with Crippen LogP contribution in [0.1, 0.15) is 45.9 Å². The lowest BCUT2D eigenvalue weighted by molar-refractivity contribution is -0.115. The molecule has 4 rings (SSSR count). The summed E-state index contributed by atoms with van der Waals surface area (Å²) in [5.41, 5.74) is 2.90. The van der Waals surface area contributed by atoms with Crippen LogP contribution in [0, 0.1) is 0 Å². The number of rotatable bonds is 6. The highest BCUT2D eigenvalue weighted by Gasteiger charge is 2.21. The number of carbonyl (C=O) groups is 2. The van der Waals surface area contributed by atoms with Crippen LogP contribution in [0.5, 0.6) is 0 Å². The van der Waals surface area contributed by atoms with Gasteiger partial charge in [-0.3, -0.25) is 9.59 Å². The number of hydrogen-bond donors (Lipinski definition) is 1. The van der Waals surface area contributed by atoms with Crippen molar-refractivity contribution in [2.75, 3.05) is 18.4 Å². The maximum atomic E-state index is 12.9. The van der Waals surface area contributed by atoms with Crippen LogP contribution in [0.3, 0.4) is 0 Å². The van der Waals surface area contributed by atoms with Gasteiger partial charge >= 0.3 is 0 Å². The van der Waals surface area contributed by atoms with Gasteiger partial charge in [0.2, 0.25) is 5.91 Å². The number of amides is 2. The van der Waals surface area contributed by atoms with E-state index in [9.17, 15) is 9.59 Å². The molecule has 1 aromatic heterocycles. The number of para-hydroxylation sites is 1. The number of anilines is 1. The number of nitrogens with zero attached hydrogens (tertiary/aromatic N) is 2. The van der Waals surface area contributed by atoms with E-state index in [1.807, 2.05) is 46.7 Å². The van der Waals surface area contributed by atoms with E-state index >= 15 is 0 Å². The third-order valence-corrected chi connectivity index (χ3v) is 6.39. The zero-order valence-corrected chi connectivity index (χ0v) is 18.7. The van der Waals surface area contributed by atoms with Crippen molar-refractivity contribution in [2.45, 2.75) is 32.1 Å². The first kappa shape index (κ1) is 21.5. The molecule has 3 aromatic rings. The van der Waals surface area contributed by atoms with E-state index < -0.39 is 0 Å². The Kier molecular flexibility index (Phi) is 6.99. The minimum Gasteiger partial charge on any atom is -0.339 e. The quantitative estimate of drug-likeness (QED) is 0.558. The van der Waals surface area contributed by atoms with Crippen LogP contribution in [-0.4, -0.2) is 34.8 Å². The molecule has 1 N–H and O–H groups in total. The van der Waals surface area contributed by atoms with Crippen molar-refractivity contribution in [1.82, 2.24) is 9.88 Å². The number of benzene rings is 2. The van der Waals surface area contributed by atoms with Gasteiger partial charge in [0, 0.05) is 29.9 Å². The van der Waals surface area contributed by atoms with Crippen molar-refractivity contribution in [3.8, 4) is 0 Å². The van der Waals surface area contributed by atoms with E-state index in [4.69, 9.17) is 11.6 Å². The first-order chi connectivity index (χ1) is 15.1. The molecule has 0 unspecified atom stereocenters. The highest BCUT2D eigenvalue weighted by molar-refractivity contribution is 7.09. The molecule has 0 atom stereocenters. The highest BCUT2D eigenvalue weighted by Crippen LogP contribution is 2.21. The molecule has 2 aromatic carbocycles. The average Bonchev–Trinajstić information content (AvgIpc) is 3.20. The van der Waals surface area contributed by atoms with Gasteiger partial charge < -0.3 is 10.2 Å². The molecule has 160 valence electrons. The Morgan fingerprint density at radius 3 is 2.68 bits per heavy atom. The molecule has 0 spiro atoms. The Morgan fingerprint density at radius 2 is 1.87 bits per heavy atom. The molecule has 7 heteroatoms. The first-order valence-electron chi connectivity index (χ1n) is 10.4. The second kappa shape index (κ2) is 10.1. The highest BCUT2D eigenvalue weighted by atomic mass is 35.5. The number of aromatic nitrogens is 1. The van der Waals surface area contributed by atoms with Crippen LogP contribution in [0.4, 0.5) is 5.69 Å². The standard InChI is InChI=1S/C24H24ClN3O2S/c25-18-8-6-7-17(13-18)14-23-26-19(16-31-23)15-22(29)27-21-10-3-2-9-20(21)24(30)28-11-4-1-5-12-28/h2-3,6-10,13,16H,1,4-5,11-12,14-15H2,(H,27,29). The minimum absolute atomic E-state index is 0.0203. The molecule has 0 bridgehead atoms. The van der Waals surface area contributed by atoms with Gasteiger partial charge in [-0.1, -0.05) is 35.9 Å². The number of likely N-dealkylation sites (tertiary alicyclic amines) is 1. The molecule has 31 heavy (non-hydrogen) atoms. The van der Waals surface area contributed by atoms with Crippen molar-refractivity contribution in [2.24, 2.45) is 0 Å². The molecule has 2 amide bonds. The monoisotopic (exact) mass is 453 g/mol. The van der Waals surface area contributed by atoms with Crippen molar-refractivity contribution < 1.29 is 9.59 Å². The van der Waals surface area contributed by atoms with E-state index in [0.29, 0.717) is 22.7 Å². The molecule has 5 nitrogen and oxygen atoms in total. The van der Waals surface area contributed by atoms with E-state index in [1.54, 1.807) is 12.1 Å². The summed E-state index contributed by atoms with van der Waals surface area (Å²) in [6, 6.07) is 14.9. The van der Waals surface area contributed by atoms with Crippen molar-refractivity contribution >= 4 is 40.4 Å². The molecule has 1 fully saturated rings. The largest absolute Gasteiger partial charge is 0.339 e. The van der Waals surface area contributed by atoms with Gasteiger partial charge in [0.25, 0.3) is 5.91 Å². The number of hydrogen-bond acceptors (Lipinski definition) is 4. The second-order valence-corrected chi connectivity index (χ2v) is 9.04. The fourth-order valence-corrected chi connectivity index (χ4v) is 4.78. The Hall–Kier alpha value is -2.70. The lowest BCUT2D eigenvalue weighted by Gasteiger charge is -2.27. The maximum absolute atomic E-state index is 12.9. The van der Waals surface area contributed by atoms with Crippen LogP contribution < -0.4 is 5.32 Å². The Balaban J connectivity index is 1.39. The number of nitrogens with one attached hydrogen (secondary N) is 1. The fraction of sp³-hybridized carbons (Fsp3) is 0.292. The van der Waals surface area contributed by atoms with Gasteiger partial charge in [-0.15, -0.1) is 11.3 Å². The summed E-state index contributed by atoms with van der Waals surface area (Å²) in [5.74, 6) is -0.202. The van der Waals surface area contributed by atoms with E-state index in [1.165, 1.54) is 11.3 Å². The van der Waals surface area contributed by atoms with Crippen LogP contribution >= 0.6 is 22.9 Å². The predicted molar refractivity (Wildman–Crippen MR) is 125 cm³/mol. The normalized spacial score (nSPS) is 13.8. The zero-order valence-electron chi connectivity index (χ0n) is 17.1. The van der Waals surface area contributed by atoms with Gasteiger partial charge in [-0.05, 0) is 49.1 Å². The molecule has 0 radical (unpaired) electrons.